The molecule has 0 fully saturated rings. The van der Waals surface area contributed by atoms with E-state index in [9.17, 15) is 4.39 Å². The molecule has 84 valence electrons. The van der Waals surface area contributed by atoms with Gasteiger partial charge in [-0.1, -0.05) is 24.9 Å². The fourth-order valence-corrected chi connectivity index (χ4v) is 1.71. The van der Waals surface area contributed by atoms with Crippen molar-refractivity contribution >= 4 is 17.4 Å². The molecule has 0 aromatic carbocycles. The van der Waals surface area contributed by atoms with E-state index in [0.717, 1.165) is 0 Å². The first-order chi connectivity index (χ1) is 7.03. The molecule has 0 amide bonds. The second-order valence-corrected chi connectivity index (χ2v) is 3.94. The largest absolute Gasteiger partial charge is 0.383 e. The molecule has 0 saturated heterocycles. The highest BCUT2D eigenvalue weighted by Gasteiger charge is 2.32. The molecule has 15 heavy (non-hydrogen) atoms. The number of nitrogens with two attached hydrogens (primary N) is 2. The summed E-state index contributed by atoms with van der Waals surface area (Å²) in [5.41, 5.74) is 9.72. The molecular formula is C10H15ClFN3. The minimum atomic E-state index is -1.63. The van der Waals surface area contributed by atoms with Gasteiger partial charge < -0.3 is 11.5 Å². The summed E-state index contributed by atoms with van der Waals surface area (Å²) in [4.78, 5) is 3.83. The summed E-state index contributed by atoms with van der Waals surface area (Å²) in [7, 11) is 0. The van der Waals surface area contributed by atoms with Gasteiger partial charge in [0.05, 0.1) is 5.02 Å². The van der Waals surface area contributed by atoms with E-state index >= 15 is 0 Å². The minimum absolute atomic E-state index is 0.118. The number of nitrogens with zero attached hydrogens (tertiary/aromatic N) is 1. The standard InChI is InChI=1S/C10H15ClFN3/c1-2-3-10(12,6-13)8-4-7(11)5-15-9(8)14/h4-5H,2-3,6,13H2,1H3,(H2,14,15). The molecule has 1 aromatic rings. The zero-order valence-corrected chi connectivity index (χ0v) is 9.39. The molecule has 0 aliphatic heterocycles. The molecule has 1 atom stereocenters. The van der Waals surface area contributed by atoms with Gasteiger partial charge in [-0.25, -0.2) is 9.37 Å². The van der Waals surface area contributed by atoms with Gasteiger partial charge >= 0.3 is 0 Å². The Kier molecular flexibility index (Phi) is 3.88. The van der Waals surface area contributed by atoms with Gasteiger partial charge in [0.15, 0.2) is 5.67 Å². The Bertz CT molecular complexity index is 345. The van der Waals surface area contributed by atoms with E-state index in [1.807, 2.05) is 6.92 Å². The van der Waals surface area contributed by atoms with Crippen LogP contribution in [0.5, 0.6) is 0 Å². The van der Waals surface area contributed by atoms with Crippen LogP contribution < -0.4 is 11.5 Å². The first-order valence-corrected chi connectivity index (χ1v) is 5.21. The lowest BCUT2D eigenvalue weighted by molar-refractivity contribution is 0.160. The number of hydrogen-bond donors (Lipinski definition) is 2. The molecule has 0 aliphatic carbocycles. The summed E-state index contributed by atoms with van der Waals surface area (Å²) >= 11 is 5.75. The van der Waals surface area contributed by atoms with Crippen LogP contribution in [-0.2, 0) is 5.67 Å². The molecule has 4 N–H and O–H groups in total. The molecule has 1 unspecified atom stereocenters. The maximum Gasteiger partial charge on any atom is 0.151 e. The summed E-state index contributed by atoms with van der Waals surface area (Å²) in [5.74, 6) is 0.154. The maximum atomic E-state index is 14.4. The van der Waals surface area contributed by atoms with Gasteiger partial charge in [-0.05, 0) is 12.5 Å². The molecule has 1 aromatic heterocycles. The van der Waals surface area contributed by atoms with Crippen molar-refractivity contribution in [3.8, 4) is 0 Å². The number of alkyl halides is 1. The highest BCUT2D eigenvalue weighted by Crippen LogP contribution is 2.34. The second-order valence-electron chi connectivity index (χ2n) is 3.51. The Morgan fingerprint density at radius 3 is 2.80 bits per heavy atom. The second kappa shape index (κ2) is 4.77. The van der Waals surface area contributed by atoms with Crippen molar-refractivity contribution in [3.63, 3.8) is 0 Å². The zero-order chi connectivity index (χ0) is 11.5. The first-order valence-electron chi connectivity index (χ1n) is 4.84. The van der Waals surface area contributed by atoms with Crippen LogP contribution in [0.1, 0.15) is 25.3 Å². The van der Waals surface area contributed by atoms with E-state index < -0.39 is 5.67 Å². The predicted molar refractivity (Wildman–Crippen MR) is 60.4 cm³/mol. The summed E-state index contributed by atoms with van der Waals surface area (Å²) in [6.45, 7) is 1.77. The lowest BCUT2D eigenvalue weighted by atomic mass is 9.91. The van der Waals surface area contributed by atoms with Gasteiger partial charge in [0.2, 0.25) is 0 Å². The van der Waals surface area contributed by atoms with E-state index in [4.69, 9.17) is 23.1 Å². The fraction of sp³-hybridized carbons (Fsp3) is 0.500. The quantitative estimate of drug-likeness (QED) is 0.835. The minimum Gasteiger partial charge on any atom is -0.383 e. The summed E-state index contributed by atoms with van der Waals surface area (Å²) in [6.07, 6.45) is 2.39. The molecule has 0 aliphatic rings. The first kappa shape index (κ1) is 12.2. The van der Waals surface area contributed by atoms with Gasteiger partial charge in [-0.2, -0.15) is 0 Å². The number of pyridine rings is 1. The molecule has 0 bridgehead atoms. The number of anilines is 1. The molecule has 0 spiro atoms. The van der Waals surface area contributed by atoms with E-state index in [1.54, 1.807) is 0 Å². The van der Waals surface area contributed by atoms with E-state index in [0.29, 0.717) is 23.4 Å². The highest BCUT2D eigenvalue weighted by molar-refractivity contribution is 6.30. The fourth-order valence-electron chi connectivity index (χ4n) is 1.55. The Labute approximate surface area is 93.6 Å². The van der Waals surface area contributed by atoms with E-state index in [1.165, 1.54) is 12.3 Å². The third-order valence-corrected chi connectivity index (χ3v) is 2.54. The van der Waals surface area contributed by atoms with E-state index in [-0.39, 0.29) is 12.4 Å². The maximum absolute atomic E-state index is 14.4. The summed E-state index contributed by atoms with van der Waals surface area (Å²) < 4.78 is 14.4. The zero-order valence-electron chi connectivity index (χ0n) is 8.63. The van der Waals surface area contributed by atoms with Crippen molar-refractivity contribution in [2.45, 2.75) is 25.4 Å². The van der Waals surface area contributed by atoms with Gasteiger partial charge in [0.25, 0.3) is 0 Å². The SMILES string of the molecule is CCCC(F)(CN)c1cc(Cl)cnc1N. The number of rotatable bonds is 4. The molecule has 0 saturated carbocycles. The summed E-state index contributed by atoms with van der Waals surface area (Å²) in [5, 5.41) is 0.366. The smallest absolute Gasteiger partial charge is 0.151 e. The van der Waals surface area contributed by atoms with Crippen molar-refractivity contribution in [1.82, 2.24) is 4.98 Å². The van der Waals surface area contributed by atoms with Gasteiger partial charge in [-0.3, -0.25) is 0 Å². The van der Waals surface area contributed by atoms with Crippen molar-refractivity contribution < 1.29 is 4.39 Å². The van der Waals surface area contributed by atoms with Crippen LogP contribution in [0, 0.1) is 0 Å². The van der Waals surface area contributed by atoms with Crippen LogP contribution in [0.2, 0.25) is 5.02 Å². The van der Waals surface area contributed by atoms with Gasteiger partial charge in [0.1, 0.15) is 5.82 Å². The Morgan fingerprint density at radius 2 is 2.27 bits per heavy atom. The van der Waals surface area contributed by atoms with E-state index in [2.05, 4.69) is 4.98 Å². The monoisotopic (exact) mass is 231 g/mol. The number of nitrogen functional groups attached to an aromatic ring is 1. The Morgan fingerprint density at radius 1 is 1.60 bits per heavy atom. The van der Waals surface area contributed by atoms with Crippen LogP contribution in [0.4, 0.5) is 10.2 Å². The average molecular weight is 232 g/mol. The predicted octanol–water partition coefficient (Wildman–Crippen LogP) is 2.24. The summed E-state index contributed by atoms with van der Waals surface area (Å²) in [6, 6.07) is 1.49. The highest BCUT2D eigenvalue weighted by atomic mass is 35.5. The molecule has 3 nitrogen and oxygen atoms in total. The molecule has 5 heteroatoms. The molecule has 0 radical (unpaired) electrons. The lowest BCUT2D eigenvalue weighted by Crippen LogP contribution is -2.31. The number of hydrogen-bond acceptors (Lipinski definition) is 3. The third-order valence-electron chi connectivity index (χ3n) is 2.34. The topological polar surface area (TPSA) is 64.9 Å². The van der Waals surface area contributed by atoms with Gasteiger partial charge in [0, 0.05) is 18.3 Å². The van der Waals surface area contributed by atoms with Crippen molar-refractivity contribution in [2.24, 2.45) is 5.73 Å². The van der Waals surface area contributed by atoms with Crippen LogP contribution in [0.25, 0.3) is 0 Å². The van der Waals surface area contributed by atoms with Crippen LogP contribution in [-0.4, -0.2) is 11.5 Å². The molecule has 1 heterocycles. The van der Waals surface area contributed by atoms with Crippen molar-refractivity contribution in [2.75, 3.05) is 12.3 Å². The molecule has 1 rings (SSSR count). The Balaban J connectivity index is 3.16. The van der Waals surface area contributed by atoms with Crippen LogP contribution >= 0.6 is 11.6 Å². The van der Waals surface area contributed by atoms with Crippen molar-refractivity contribution in [1.29, 1.82) is 0 Å². The normalized spacial score (nSPS) is 14.9. The molecular weight excluding hydrogens is 217 g/mol. The van der Waals surface area contributed by atoms with Crippen LogP contribution in [0.15, 0.2) is 12.3 Å². The number of halogens is 2. The Hall–Kier alpha value is -0.870. The third kappa shape index (κ3) is 2.58. The average Bonchev–Trinajstić information content (AvgIpc) is 2.22. The van der Waals surface area contributed by atoms with Crippen molar-refractivity contribution in [3.05, 3.63) is 22.8 Å². The van der Waals surface area contributed by atoms with Crippen LogP contribution in [0.3, 0.4) is 0 Å². The number of aromatic nitrogens is 1. The van der Waals surface area contributed by atoms with Gasteiger partial charge in [-0.15, -0.1) is 0 Å². The lowest BCUT2D eigenvalue weighted by Gasteiger charge is -2.24.